The van der Waals surface area contributed by atoms with E-state index in [2.05, 4.69) is 15.5 Å². The molecule has 74 valence electrons. The minimum Gasteiger partial charge on any atom is -0.472 e. The van der Waals surface area contributed by atoms with Crippen LogP contribution < -0.4 is 10.1 Å². The highest BCUT2D eigenvalue weighted by molar-refractivity contribution is 7.16. The molecule has 0 saturated heterocycles. The molecule has 1 rings (SSSR count). The molecule has 0 radical (unpaired) electrons. The average molecular weight is 203 g/mol. The van der Waals surface area contributed by atoms with E-state index in [4.69, 9.17) is 4.74 Å². The lowest BCUT2D eigenvalue weighted by atomic mass is 10.1. The van der Waals surface area contributed by atoms with Gasteiger partial charge in [0, 0.05) is 6.54 Å². The molecule has 0 aliphatic carbocycles. The fourth-order valence-electron chi connectivity index (χ4n) is 0.656. The van der Waals surface area contributed by atoms with Gasteiger partial charge in [-0.1, -0.05) is 5.10 Å². The first-order valence-electron chi connectivity index (χ1n) is 3.85. The van der Waals surface area contributed by atoms with Gasteiger partial charge in [-0.3, -0.25) is 0 Å². The van der Waals surface area contributed by atoms with Crippen LogP contribution in [0.2, 0.25) is 0 Å². The third-order valence-corrected chi connectivity index (χ3v) is 2.10. The predicted octanol–water partition coefficient (Wildman–Crippen LogP) is 0.729. The van der Waals surface area contributed by atoms with Crippen molar-refractivity contribution in [2.45, 2.75) is 19.4 Å². The minimum atomic E-state index is -0.751. The lowest BCUT2D eigenvalue weighted by molar-refractivity contribution is 0.0945. The number of ether oxygens (including phenoxy) is 1. The van der Waals surface area contributed by atoms with Gasteiger partial charge in [0.2, 0.25) is 5.13 Å². The van der Waals surface area contributed by atoms with Gasteiger partial charge in [0.25, 0.3) is 5.19 Å². The highest BCUT2D eigenvalue weighted by Crippen LogP contribution is 2.21. The highest BCUT2D eigenvalue weighted by atomic mass is 32.1. The predicted molar refractivity (Wildman–Crippen MR) is 51.2 cm³/mol. The van der Waals surface area contributed by atoms with Gasteiger partial charge in [0.1, 0.15) is 0 Å². The van der Waals surface area contributed by atoms with E-state index in [-0.39, 0.29) is 0 Å². The Hall–Kier alpha value is -0.880. The second-order valence-corrected chi connectivity index (χ2v) is 4.18. The van der Waals surface area contributed by atoms with Gasteiger partial charge >= 0.3 is 0 Å². The molecule has 0 saturated carbocycles. The van der Waals surface area contributed by atoms with E-state index >= 15 is 0 Å². The third-order valence-electron chi connectivity index (χ3n) is 1.25. The molecule has 0 fully saturated rings. The van der Waals surface area contributed by atoms with Crippen LogP contribution in [0.4, 0.5) is 5.13 Å². The summed E-state index contributed by atoms with van der Waals surface area (Å²) in [7, 11) is 1.54. The summed E-state index contributed by atoms with van der Waals surface area (Å²) >= 11 is 1.31. The second-order valence-electron chi connectivity index (χ2n) is 3.24. The number of anilines is 1. The van der Waals surface area contributed by atoms with Crippen LogP contribution in [0, 0.1) is 0 Å². The van der Waals surface area contributed by atoms with E-state index < -0.39 is 5.60 Å². The average Bonchev–Trinajstić information content (AvgIpc) is 2.47. The molecule has 0 aliphatic heterocycles. The molecular weight excluding hydrogens is 190 g/mol. The summed E-state index contributed by atoms with van der Waals surface area (Å²) in [5.74, 6) is 0. The zero-order chi connectivity index (χ0) is 9.90. The number of aromatic nitrogens is 2. The molecule has 0 bridgehead atoms. The Morgan fingerprint density at radius 3 is 2.69 bits per heavy atom. The van der Waals surface area contributed by atoms with Crippen molar-refractivity contribution in [3.05, 3.63) is 0 Å². The molecule has 6 heteroatoms. The van der Waals surface area contributed by atoms with Crippen molar-refractivity contribution in [2.24, 2.45) is 0 Å². The number of nitrogens with one attached hydrogen (secondary N) is 1. The van der Waals surface area contributed by atoms with Gasteiger partial charge < -0.3 is 15.2 Å². The summed E-state index contributed by atoms with van der Waals surface area (Å²) < 4.78 is 4.87. The molecule has 13 heavy (non-hydrogen) atoms. The Balaban J connectivity index is 2.46. The number of hydrogen-bond donors (Lipinski definition) is 2. The smallest absolute Gasteiger partial charge is 0.295 e. The quantitative estimate of drug-likeness (QED) is 0.755. The van der Waals surface area contributed by atoms with E-state index in [1.165, 1.54) is 11.3 Å². The van der Waals surface area contributed by atoms with E-state index in [1.807, 2.05) is 0 Å². The van der Waals surface area contributed by atoms with Crippen molar-refractivity contribution < 1.29 is 9.84 Å². The first-order chi connectivity index (χ1) is 6.01. The molecule has 0 unspecified atom stereocenters. The standard InChI is InChI=1S/C7H13N3O2S/c1-7(2,11)4-8-5-9-10-6(12-3)13-5/h11H,4H2,1-3H3,(H,8,9). The second kappa shape index (κ2) is 3.89. The van der Waals surface area contributed by atoms with Crippen LogP contribution in [0.1, 0.15) is 13.8 Å². The largest absolute Gasteiger partial charge is 0.472 e. The molecular formula is C7H13N3O2S. The van der Waals surface area contributed by atoms with Crippen LogP contribution in [0.25, 0.3) is 0 Å². The summed E-state index contributed by atoms with van der Waals surface area (Å²) in [6, 6.07) is 0. The molecule has 2 N–H and O–H groups in total. The van der Waals surface area contributed by atoms with Crippen molar-refractivity contribution in [1.29, 1.82) is 0 Å². The Morgan fingerprint density at radius 2 is 2.23 bits per heavy atom. The molecule has 1 aromatic rings. The van der Waals surface area contributed by atoms with Gasteiger partial charge in [-0.05, 0) is 25.2 Å². The summed E-state index contributed by atoms with van der Waals surface area (Å²) in [4.78, 5) is 0. The summed E-state index contributed by atoms with van der Waals surface area (Å²) in [6.07, 6.45) is 0. The van der Waals surface area contributed by atoms with Crippen molar-refractivity contribution in [2.75, 3.05) is 19.0 Å². The fourth-order valence-corrected chi connectivity index (χ4v) is 1.21. The number of rotatable bonds is 4. The van der Waals surface area contributed by atoms with Gasteiger partial charge in [-0.25, -0.2) is 0 Å². The molecule has 1 aromatic heterocycles. The summed E-state index contributed by atoms with van der Waals surface area (Å²) in [6.45, 7) is 3.88. The van der Waals surface area contributed by atoms with Crippen molar-refractivity contribution in [3.8, 4) is 5.19 Å². The first-order valence-corrected chi connectivity index (χ1v) is 4.67. The Bertz CT molecular complexity index is 269. The molecule has 0 spiro atoms. The summed E-state index contributed by atoms with van der Waals surface area (Å²) in [5.41, 5.74) is -0.751. The number of aliphatic hydroxyl groups is 1. The molecule has 1 heterocycles. The monoisotopic (exact) mass is 203 g/mol. The SMILES string of the molecule is COc1nnc(NCC(C)(C)O)s1. The molecule has 0 amide bonds. The van der Waals surface area contributed by atoms with Gasteiger partial charge in [0.05, 0.1) is 12.7 Å². The van der Waals surface area contributed by atoms with Crippen molar-refractivity contribution >= 4 is 16.5 Å². The Morgan fingerprint density at radius 1 is 1.54 bits per heavy atom. The molecule has 5 nitrogen and oxygen atoms in total. The number of hydrogen-bond acceptors (Lipinski definition) is 6. The Kier molecular flexibility index (Phi) is 3.05. The van der Waals surface area contributed by atoms with Gasteiger partial charge in [-0.15, -0.1) is 5.10 Å². The van der Waals surface area contributed by atoms with E-state index in [0.29, 0.717) is 16.9 Å². The van der Waals surface area contributed by atoms with Gasteiger partial charge in [0.15, 0.2) is 0 Å². The zero-order valence-corrected chi connectivity index (χ0v) is 8.68. The maximum absolute atomic E-state index is 9.41. The molecule has 0 atom stereocenters. The van der Waals surface area contributed by atoms with E-state index in [1.54, 1.807) is 21.0 Å². The lowest BCUT2D eigenvalue weighted by Gasteiger charge is -2.16. The maximum atomic E-state index is 9.41. The van der Waals surface area contributed by atoms with Gasteiger partial charge in [-0.2, -0.15) is 0 Å². The highest BCUT2D eigenvalue weighted by Gasteiger charge is 2.13. The Labute approximate surface area is 80.8 Å². The summed E-state index contributed by atoms with van der Waals surface area (Å²) in [5, 5.41) is 21.1. The number of nitrogens with zero attached hydrogens (tertiary/aromatic N) is 2. The van der Waals surface area contributed by atoms with Crippen molar-refractivity contribution in [3.63, 3.8) is 0 Å². The molecule has 0 aliphatic rings. The fraction of sp³-hybridized carbons (Fsp3) is 0.714. The van der Waals surface area contributed by atoms with Crippen LogP contribution in [0.15, 0.2) is 0 Å². The first kappa shape index (κ1) is 10.2. The van der Waals surface area contributed by atoms with Crippen LogP contribution >= 0.6 is 11.3 Å². The van der Waals surface area contributed by atoms with Crippen LogP contribution in [0.3, 0.4) is 0 Å². The van der Waals surface area contributed by atoms with Crippen LogP contribution in [-0.2, 0) is 0 Å². The van der Waals surface area contributed by atoms with E-state index in [9.17, 15) is 5.11 Å². The molecule has 0 aromatic carbocycles. The number of methoxy groups -OCH3 is 1. The van der Waals surface area contributed by atoms with Crippen LogP contribution in [0.5, 0.6) is 5.19 Å². The maximum Gasteiger partial charge on any atom is 0.295 e. The topological polar surface area (TPSA) is 67.3 Å². The third kappa shape index (κ3) is 3.56. The minimum absolute atomic E-state index is 0.436. The van der Waals surface area contributed by atoms with Crippen LogP contribution in [-0.4, -0.2) is 34.6 Å². The zero-order valence-electron chi connectivity index (χ0n) is 7.87. The normalized spacial score (nSPS) is 11.4. The van der Waals surface area contributed by atoms with Crippen molar-refractivity contribution in [1.82, 2.24) is 10.2 Å². The lowest BCUT2D eigenvalue weighted by Crippen LogP contribution is -2.29. The van der Waals surface area contributed by atoms with E-state index in [0.717, 1.165) is 0 Å².